The fourth-order valence-corrected chi connectivity index (χ4v) is 2.24. The lowest BCUT2D eigenvalue weighted by molar-refractivity contribution is 0.239. The summed E-state index contributed by atoms with van der Waals surface area (Å²) in [6.07, 6.45) is 6.36. The Kier molecular flexibility index (Phi) is 9.26. The van der Waals surface area contributed by atoms with Gasteiger partial charge in [0.1, 0.15) is 0 Å². The van der Waals surface area contributed by atoms with Gasteiger partial charge in [0.25, 0.3) is 0 Å². The van der Waals surface area contributed by atoms with Crippen LogP contribution >= 0.6 is 29.3 Å². The van der Waals surface area contributed by atoms with E-state index < -0.39 is 6.85 Å². The minimum Gasteiger partial charge on any atom is -0.329 e. The van der Waals surface area contributed by atoms with Crippen LogP contribution in [0.5, 0.6) is 0 Å². The molecule has 0 saturated carbocycles. The highest BCUT2D eigenvalue weighted by molar-refractivity contribution is 8.00. The van der Waals surface area contributed by atoms with Crippen molar-refractivity contribution in [2.24, 2.45) is 0 Å². The zero-order chi connectivity index (χ0) is 9.40. The smallest absolute Gasteiger partial charge is 0.225 e. The molecule has 0 rings (SSSR count). The van der Waals surface area contributed by atoms with Gasteiger partial charge in [-0.3, -0.25) is 0 Å². The van der Waals surface area contributed by atoms with Crippen LogP contribution in [0.25, 0.3) is 0 Å². The summed E-state index contributed by atoms with van der Waals surface area (Å²) >= 11 is 11.0. The van der Waals surface area contributed by atoms with Crippen LogP contribution in [0.3, 0.4) is 0 Å². The van der Waals surface area contributed by atoms with Crippen molar-refractivity contribution in [1.82, 2.24) is 0 Å². The van der Waals surface area contributed by atoms with Crippen molar-refractivity contribution in [3.63, 3.8) is 0 Å². The minimum absolute atomic E-state index is 0.211. The van der Waals surface area contributed by atoms with Crippen molar-refractivity contribution in [2.45, 2.75) is 52.1 Å². The Balaban J connectivity index is 3.14. The number of hydrogen-bond acceptors (Lipinski definition) is 1. The van der Waals surface area contributed by atoms with E-state index in [0.717, 1.165) is 6.42 Å². The van der Waals surface area contributed by atoms with E-state index >= 15 is 0 Å². The molecule has 0 aliphatic rings. The van der Waals surface area contributed by atoms with Gasteiger partial charge < -0.3 is 4.52 Å². The van der Waals surface area contributed by atoms with Crippen LogP contribution in [-0.4, -0.2) is 6.10 Å². The SMILES string of the molecule is CCCCCC[C@H](C)OP(Cl)Cl. The third-order valence-corrected chi connectivity index (χ3v) is 2.72. The van der Waals surface area contributed by atoms with E-state index in [1.165, 1.54) is 25.7 Å². The van der Waals surface area contributed by atoms with Crippen molar-refractivity contribution in [2.75, 3.05) is 0 Å². The van der Waals surface area contributed by atoms with Crippen molar-refractivity contribution >= 4 is 29.3 Å². The van der Waals surface area contributed by atoms with Crippen LogP contribution in [-0.2, 0) is 4.52 Å². The minimum atomic E-state index is -1.22. The molecule has 0 radical (unpaired) electrons. The number of unbranched alkanes of at least 4 members (excludes halogenated alkanes) is 3. The van der Waals surface area contributed by atoms with Gasteiger partial charge in [0.15, 0.2) is 0 Å². The number of hydrogen-bond donors (Lipinski definition) is 0. The lowest BCUT2D eigenvalue weighted by atomic mass is 10.1. The molecular weight excluding hydrogens is 214 g/mol. The first-order valence-electron chi connectivity index (χ1n) is 4.45. The van der Waals surface area contributed by atoms with Crippen LogP contribution < -0.4 is 0 Å². The highest BCUT2D eigenvalue weighted by atomic mass is 35.9. The van der Waals surface area contributed by atoms with Crippen molar-refractivity contribution in [1.29, 1.82) is 0 Å². The van der Waals surface area contributed by atoms with Crippen molar-refractivity contribution in [3.8, 4) is 0 Å². The van der Waals surface area contributed by atoms with Gasteiger partial charge in [-0.1, -0.05) is 32.6 Å². The van der Waals surface area contributed by atoms with Crippen LogP contribution in [0.2, 0.25) is 0 Å². The zero-order valence-corrected chi connectivity index (χ0v) is 10.1. The predicted molar refractivity (Wildman–Crippen MR) is 57.9 cm³/mol. The summed E-state index contributed by atoms with van der Waals surface area (Å²) in [6.45, 7) is 3.01. The number of rotatable bonds is 7. The molecule has 0 aliphatic heterocycles. The molecule has 0 aromatic rings. The molecule has 0 bridgehead atoms. The predicted octanol–water partition coefficient (Wildman–Crippen LogP) is 5.07. The topological polar surface area (TPSA) is 9.23 Å². The Morgan fingerprint density at radius 3 is 2.42 bits per heavy atom. The second kappa shape index (κ2) is 8.56. The largest absolute Gasteiger partial charge is 0.329 e. The van der Waals surface area contributed by atoms with Crippen LogP contribution in [0.15, 0.2) is 0 Å². The van der Waals surface area contributed by atoms with Crippen LogP contribution in [0.1, 0.15) is 46.0 Å². The second-order valence-electron chi connectivity index (χ2n) is 2.97. The Labute approximate surface area is 86.2 Å². The van der Waals surface area contributed by atoms with Crippen molar-refractivity contribution < 1.29 is 4.52 Å². The fourth-order valence-electron chi connectivity index (χ4n) is 1.05. The number of halogens is 2. The summed E-state index contributed by atoms with van der Waals surface area (Å²) in [5.74, 6) is 0. The molecular formula is C8H17Cl2OP. The first-order chi connectivity index (χ1) is 5.66. The third-order valence-electron chi connectivity index (χ3n) is 1.72. The molecule has 0 saturated heterocycles. The van der Waals surface area contributed by atoms with Crippen LogP contribution in [0.4, 0.5) is 0 Å². The maximum atomic E-state index is 5.52. The molecule has 0 spiro atoms. The monoisotopic (exact) mass is 230 g/mol. The van der Waals surface area contributed by atoms with E-state index in [2.05, 4.69) is 6.92 Å². The molecule has 4 heteroatoms. The average Bonchev–Trinajstić information content (AvgIpc) is 1.97. The van der Waals surface area contributed by atoms with Gasteiger partial charge in [0.2, 0.25) is 6.85 Å². The van der Waals surface area contributed by atoms with E-state index in [1.807, 2.05) is 6.92 Å². The molecule has 0 aliphatic carbocycles. The second-order valence-corrected chi connectivity index (χ2v) is 5.94. The van der Waals surface area contributed by atoms with Gasteiger partial charge in [-0.15, -0.1) is 0 Å². The third kappa shape index (κ3) is 9.06. The molecule has 1 atom stereocenters. The fraction of sp³-hybridized carbons (Fsp3) is 1.00. The van der Waals surface area contributed by atoms with Gasteiger partial charge in [-0.25, -0.2) is 0 Å². The highest BCUT2D eigenvalue weighted by Gasteiger charge is 2.07. The Bertz CT molecular complexity index is 101. The molecule has 0 aromatic carbocycles. The molecule has 0 amide bonds. The lowest BCUT2D eigenvalue weighted by Crippen LogP contribution is -2.01. The van der Waals surface area contributed by atoms with E-state index in [0.29, 0.717) is 0 Å². The maximum Gasteiger partial charge on any atom is 0.225 e. The molecule has 12 heavy (non-hydrogen) atoms. The molecule has 1 nitrogen and oxygen atoms in total. The average molecular weight is 231 g/mol. The van der Waals surface area contributed by atoms with Gasteiger partial charge in [-0.05, 0) is 35.8 Å². The summed E-state index contributed by atoms with van der Waals surface area (Å²) in [4.78, 5) is 0. The summed E-state index contributed by atoms with van der Waals surface area (Å²) in [7, 11) is 0. The van der Waals surface area contributed by atoms with Crippen molar-refractivity contribution in [3.05, 3.63) is 0 Å². The summed E-state index contributed by atoms with van der Waals surface area (Å²) in [5, 5.41) is 0. The van der Waals surface area contributed by atoms with Gasteiger partial charge in [-0.2, -0.15) is 0 Å². The molecule has 0 unspecified atom stereocenters. The van der Waals surface area contributed by atoms with Crippen LogP contribution in [0, 0.1) is 0 Å². The quantitative estimate of drug-likeness (QED) is 0.439. The van der Waals surface area contributed by atoms with Gasteiger partial charge in [0, 0.05) is 0 Å². The summed E-state index contributed by atoms with van der Waals surface area (Å²) < 4.78 is 5.23. The maximum absolute atomic E-state index is 5.52. The van der Waals surface area contributed by atoms with Gasteiger partial charge >= 0.3 is 0 Å². The highest BCUT2D eigenvalue weighted by Crippen LogP contribution is 2.49. The van der Waals surface area contributed by atoms with E-state index in [4.69, 9.17) is 27.0 Å². The Morgan fingerprint density at radius 1 is 1.25 bits per heavy atom. The summed E-state index contributed by atoms with van der Waals surface area (Å²) in [6, 6.07) is 0. The molecule has 74 valence electrons. The lowest BCUT2D eigenvalue weighted by Gasteiger charge is -2.11. The first-order valence-corrected chi connectivity index (χ1v) is 7.52. The Hall–Kier alpha value is 0.970. The zero-order valence-electron chi connectivity index (χ0n) is 7.72. The Morgan fingerprint density at radius 2 is 1.92 bits per heavy atom. The molecule has 0 N–H and O–H groups in total. The molecule has 0 heterocycles. The molecule has 0 aromatic heterocycles. The van der Waals surface area contributed by atoms with E-state index in [-0.39, 0.29) is 6.10 Å². The normalized spacial score (nSPS) is 13.8. The first kappa shape index (κ1) is 13.0. The van der Waals surface area contributed by atoms with E-state index in [9.17, 15) is 0 Å². The molecule has 0 fully saturated rings. The van der Waals surface area contributed by atoms with E-state index in [1.54, 1.807) is 0 Å². The summed E-state index contributed by atoms with van der Waals surface area (Å²) in [5.41, 5.74) is 0. The van der Waals surface area contributed by atoms with Gasteiger partial charge in [0.05, 0.1) is 6.10 Å². The standard InChI is InChI=1S/C8H17Cl2OP/c1-3-4-5-6-7-8(2)11-12(9)10/h8H,3-7H2,1-2H3/t8-/m0/s1.